The smallest absolute Gasteiger partial charge is 0.318 e. The minimum Gasteiger partial charge on any atom is -0.493 e. The highest BCUT2D eigenvalue weighted by atomic mass is 16.5. The number of hydrogen-bond donors (Lipinski definition) is 2. The zero-order valence-corrected chi connectivity index (χ0v) is 14.0. The van der Waals surface area contributed by atoms with Crippen LogP contribution in [0.25, 0.3) is 11.0 Å². The first-order valence-corrected chi connectivity index (χ1v) is 7.92. The lowest BCUT2D eigenvalue weighted by molar-refractivity contribution is -0.126. The molecule has 0 radical (unpaired) electrons. The van der Waals surface area contributed by atoms with Crippen molar-refractivity contribution in [2.75, 3.05) is 20.2 Å². The van der Waals surface area contributed by atoms with Crippen LogP contribution in [-0.4, -0.2) is 43.1 Å². The lowest BCUT2D eigenvalue weighted by Gasteiger charge is -2.33. The van der Waals surface area contributed by atoms with Crippen molar-refractivity contribution in [1.29, 1.82) is 0 Å². The summed E-state index contributed by atoms with van der Waals surface area (Å²) in [6, 6.07) is 6.43. The molecule has 24 heavy (non-hydrogen) atoms. The van der Waals surface area contributed by atoms with E-state index in [4.69, 9.17) is 9.15 Å². The van der Waals surface area contributed by atoms with E-state index in [9.17, 15) is 9.59 Å². The Hall–Kier alpha value is -2.70. The Labute approximate surface area is 139 Å². The number of piperazine rings is 1. The topological polar surface area (TPSA) is 83.8 Å². The van der Waals surface area contributed by atoms with E-state index < -0.39 is 6.04 Å². The highest BCUT2D eigenvalue weighted by Gasteiger charge is 2.30. The molecule has 1 fully saturated rings. The Morgan fingerprint density at radius 1 is 1.50 bits per heavy atom. The van der Waals surface area contributed by atoms with Gasteiger partial charge in [0, 0.05) is 18.5 Å². The molecule has 2 heterocycles. The standard InChI is InChI=1S/C17H21N3O4/c1-10(19-17(22)20-8-7-18-16(21)11(20)2)14-9-12-5-4-6-13(23-3)15(12)24-14/h4-6,9-11H,7-8H2,1-3H3,(H,18,21)(H,19,22)/t10-,11-/m0/s1. The molecule has 128 valence electrons. The molecule has 0 bridgehead atoms. The molecule has 3 amide bonds. The second-order valence-corrected chi connectivity index (χ2v) is 5.86. The van der Waals surface area contributed by atoms with Gasteiger partial charge in [-0.2, -0.15) is 0 Å². The van der Waals surface area contributed by atoms with E-state index in [0.717, 1.165) is 5.39 Å². The van der Waals surface area contributed by atoms with Gasteiger partial charge in [-0.05, 0) is 26.0 Å². The summed E-state index contributed by atoms with van der Waals surface area (Å²) in [7, 11) is 1.59. The molecule has 1 aliphatic rings. The Kier molecular flexibility index (Phi) is 4.33. The summed E-state index contributed by atoms with van der Waals surface area (Å²) in [5, 5.41) is 6.54. The predicted molar refractivity (Wildman–Crippen MR) is 88.9 cm³/mol. The number of nitrogens with zero attached hydrogens (tertiary/aromatic N) is 1. The van der Waals surface area contributed by atoms with Gasteiger partial charge in [-0.1, -0.05) is 12.1 Å². The molecule has 0 spiro atoms. The molecule has 2 N–H and O–H groups in total. The molecule has 2 aromatic rings. The largest absolute Gasteiger partial charge is 0.493 e. The number of para-hydroxylation sites is 1. The van der Waals surface area contributed by atoms with E-state index in [0.29, 0.717) is 30.2 Å². The van der Waals surface area contributed by atoms with Gasteiger partial charge >= 0.3 is 6.03 Å². The number of urea groups is 1. The number of rotatable bonds is 3. The fourth-order valence-electron chi connectivity index (χ4n) is 2.83. The normalized spacial score (nSPS) is 19.0. The van der Waals surface area contributed by atoms with Crippen LogP contribution < -0.4 is 15.4 Å². The second-order valence-electron chi connectivity index (χ2n) is 5.86. The van der Waals surface area contributed by atoms with Crippen molar-refractivity contribution in [1.82, 2.24) is 15.5 Å². The van der Waals surface area contributed by atoms with Crippen LogP contribution in [0.15, 0.2) is 28.7 Å². The third-order valence-corrected chi connectivity index (χ3v) is 4.27. The number of hydrogen-bond acceptors (Lipinski definition) is 4. The molecule has 1 saturated heterocycles. The highest BCUT2D eigenvalue weighted by molar-refractivity contribution is 5.88. The van der Waals surface area contributed by atoms with E-state index in [1.807, 2.05) is 31.2 Å². The van der Waals surface area contributed by atoms with Crippen LogP contribution in [0.5, 0.6) is 5.75 Å². The molecule has 0 saturated carbocycles. The summed E-state index contributed by atoms with van der Waals surface area (Å²) in [5.74, 6) is 1.15. The number of fused-ring (bicyclic) bond motifs is 1. The van der Waals surface area contributed by atoms with Crippen molar-refractivity contribution in [3.05, 3.63) is 30.0 Å². The van der Waals surface area contributed by atoms with Crippen molar-refractivity contribution in [3.8, 4) is 5.75 Å². The maximum atomic E-state index is 12.4. The number of furan rings is 1. The van der Waals surface area contributed by atoms with Gasteiger partial charge < -0.3 is 24.7 Å². The van der Waals surface area contributed by atoms with Gasteiger partial charge in [0.05, 0.1) is 13.2 Å². The molecule has 0 aliphatic carbocycles. The van der Waals surface area contributed by atoms with E-state index >= 15 is 0 Å². The van der Waals surface area contributed by atoms with Gasteiger partial charge in [0.25, 0.3) is 0 Å². The van der Waals surface area contributed by atoms with E-state index in [1.54, 1.807) is 14.0 Å². The lowest BCUT2D eigenvalue weighted by atomic mass is 10.2. The molecule has 2 atom stereocenters. The van der Waals surface area contributed by atoms with Crippen LogP contribution in [0, 0.1) is 0 Å². The fourth-order valence-corrected chi connectivity index (χ4v) is 2.83. The average Bonchev–Trinajstić information content (AvgIpc) is 3.01. The summed E-state index contributed by atoms with van der Waals surface area (Å²) >= 11 is 0. The third-order valence-electron chi connectivity index (χ3n) is 4.27. The first-order valence-electron chi connectivity index (χ1n) is 7.92. The SMILES string of the molecule is COc1cccc2cc([C@H](C)NC(=O)N3CCNC(=O)[C@@H]3C)oc12. The number of benzene rings is 1. The summed E-state index contributed by atoms with van der Waals surface area (Å²) in [6.07, 6.45) is 0. The van der Waals surface area contributed by atoms with Gasteiger partial charge in [-0.3, -0.25) is 4.79 Å². The summed E-state index contributed by atoms with van der Waals surface area (Å²) in [6.45, 7) is 4.51. The van der Waals surface area contributed by atoms with Gasteiger partial charge in [-0.15, -0.1) is 0 Å². The van der Waals surface area contributed by atoms with Crippen molar-refractivity contribution < 1.29 is 18.7 Å². The van der Waals surface area contributed by atoms with E-state index in [-0.39, 0.29) is 18.0 Å². The first kappa shape index (κ1) is 16.2. The molecule has 0 unspecified atom stereocenters. The molecule has 1 aromatic carbocycles. The Balaban J connectivity index is 1.76. The molecule has 1 aliphatic heterocycles. The van der Waals surface area contributed by atoms with Crippen molar-refractivity contribution in [2.24, 2.45) is 0 Å². The van der Waals surface area contributed by atoms with Crippen LogP contribution >= 0.6 is 0 Å². The minimum absolute atomic E-state index is 0.141. The van der Waals surface area contributed by atoms with Crippen LogP contribution in [0.1, 0.15) is 25.6 Å². The Bertz CT molecular complexity index is 770. The molecule has 1 aromatic heterocycles. The number of nitrogens with one attached hydrogen (secondary N) is 2. The zero-order valence-electron chi connectivity index (χ0n) is 14.0. The molecular weight excluding hydrogens is 310 g/mol. The number of carbonyl (C=O) groups excluding carboxylic acids is 2. The number of ether oxygens (including phenoxy) is 1. The number of methoxy groups -OCH3 is 1. The van der Waals surface area contributed by atoms with Crippen LogP contribution in [0.2, 0.25) is 0 Å². The summed E-state index contributed by atoms with van der Waals surface area (Å²) in [4.78, 5) is 25.7. The maximum absolute atomic E-state index is 12.4. The Morgan fingerprint density at radius 3 is 3.04 bits per heavy atom. The van der Waals surface area contributed by atoms with Gasteiger partial charge in [-0.25, -0.2) is 4.79 Å². The molecule has 7 heteroatoms. The van der Waals surface area contributed by atoms with Gasteiger partial charge in [0.2, 0.25) is 5.91 Å². The second kappa shape index (κ2) is 6.43. The highest BCUT2D eigenvalue weighted by Crippen LogP contribution is 2.30. The quantitative estimate of drug-likeness (QED) is 0.901. The van der Waals surface area contributed by atoms with Gasteiger partial charge in [0.15, 0.2) is 11.3 Å². The van der Waals surface area contributed by atoms with Crippen molar-refractivity contribution in [2.45, 2.75) is 25.9 Å². The molecule has 3 rings (SSSR count). The fraction of sp³-hybridized carbons (Fsp3) is 0.412. The minimum atomic E-state index is -0.485. The monoisotopic (exact) mass is 331 g/mol. The number of amides is 3. The molecular formula is C17H21N3O4. The lowest BCUT2D eigenvalue weighted by Crippen LogP contribution is -2.58. The van der Waals surface area contributed by atoms with Crippen LogP contribution in [-0.2, 0) is 4.79 Å². The first-order chi connectivity index (χ1) is 11.5. The average molecular weight is 331 g/mol. The predicted octanol–water partition coefficient (Wildman–Crippen LogP) is 2.03. The van der Waals surface area contributed by atoms with E-state index in [1.165, 1.54) is 4.90 Å². The van der Waals surface area contributed by atoms with Crippen molar-refractivity contribution >= 4 is 22.9 Å². The summed E-state index contributed by atoms with van der Waals surface area (Å²) in [5.41, 5.74) is 0.654. The van der Waals surface area contributed by atoms with Crippen LogP contribution in [0.4, 0.5) is 4.79 Å². The van der Waals surface area contributed by atoms with E-state index in [2.05, 4.69) is 10.6 Å². The third kappa shape index (κ3) is 2.89. The molecule has 7 nitrogen and oxygen atoms in total. The number of carbonyl (C=O) groups is 2. The van der Waals surface area contributed by atoms with Crippen LogP contribution in [0.3, 0.4) is 0 Å². The van der Waals surface area contributed by atoms with Gasteiger partial charge in [0.1, 0.15) is 11.8 Å². The zero-order chi connectivity index (χ0) is 17.3. The van der Waals surface area contributed by atoms with Crippen molar-refractivity contribution in [3.63, 3.8) is 0 Å². The Morgan fingerprint density at radius 2 is 2.29 bits per heavy atom. The summed E-state index contributed by atoms with van der Waals surface area (Å²) < 4.78 is 11.1. The maximum Gasteiger partial charge on any atom is 0.318 e.